The number of rotatable bonds is 3. The molecule has 0 radical (unpaired) electrons. The molecule has 1 saturated carbocycles. The van der Waals surface area contributed by atoms with E-state index in [0.29, 0.717) is 22.9 Å². The van der Waals surface area contributed by atoms with Crippen molar-refractivity contribution in [2.45, 2.75) is 31.1 Å². The highest BCUT2D eigenvalue weighted by atomic mass is 35.5. The Morgan fingerprint density at radius 3 is 2.76 bits per heavy atom. The first-order valence-corrected chi connectivity index (χ1v) is 6.47. The monoisotopic (exact) mass is 273 g/mol. The van der Waals surface area contributed by atoms with Crippen LogP contribution in [0.3, 0.4) is 0 Å². The minimum absolute atomic E-state index is 0.105. The molecule has 0 aliphatic heterocycles. The summed E-state index contributed by atoms with van der Waals surface area (Å²) in [5.41, 5.74) is 0.727. The van der Waals surface area contributed by atoms with E-state index in [4.69, 9.17) is 23.2 Å². The third-order valence-corrected chi connectivity index (χ3v) is 4.25. The second-order valence-corrected chi connectivity index (χ2v) is 5.37. The van der Waals surface area contributed by atoms with Crippen molar-refractivity contribution in [1.82, 2.24) is 0 Å². The summed E-state index contributed by atoms with van der Waals surface area (Å²) >= 11 is 12.3. The van der Waals surface area contributed by atoms with Crippen molar-refractivity contribution >= 4 is 28.9 Å². The number of alkyl halides is 1. The minimum Gasteiger partial charge on any atom is -0.258 e. The molecule has 5 heteroatoms. The van der Waals surface area contributed by atoms with Gasteiger partial charge in [-0.05, 0) is 31.2 Å². The number of hydrogen-bond donors (Lipinski definition) is 0. The summed E-state index contributed by atoms with van der Waals surface area (Å²) in [6.45, 7) is 0. The van der Waals surface area contributed by atoms with Crippen molar-refractivity contribution < 1.29 is 4.92 Å². The van der Waals surface area contributed by atoms with E-state index in [0.717, 1.165) is 19.3 Å². The van der Waals surface area contributed by atoms with Crippen molar-refractivity contribution in [3.05, 3.63) is 38.9 Å². The highest BCUT2D eigenvalue weighted by Crippen LogP contribution is 2.36. The lowest BCUT2D eigenvalue weighted by Gasteiger charge is -2.14. The Morgan fingerprint density at radius 1 is 1.41 bits per heavy atom. The molecule has 2 unspecified atom stereocenters. The van der Waals surface area contributed by atoms with Crippen molar-refractivity contribution in [2.24, 2.45) is 5.92 Å². The first-order valence-electron chi connectivity index (χ1n) is 5.65. The molecule has 1 aromatic rings. The third-order valence-electron chi connectivity index (χ3n) is 3.32. The Hall–Kier alpha value is -0.800. The zero-order chi connectivity index (χ0) is 12.4. The van der Waals surface area contributed by atoms with Crippen molar-refractivity contribution in [2.75, 3.05) is 0 Å². The standard InChI is InChI=1S/C12H13Cl2NO2/c13-10-4-1-3-8(10)7-9-11(14)5-2-6-12(9)15(16)17/h2,5-6,8,10H,1,3-4,7H2. The molecule has 1 aliphatic rings. The van der Waals surface area contributed by atoms with Crippen molar-refractivity contribution in [3.8, 4) is 0 Å². The molecule has 3 nitrogen and oxygen atoms in total. The third kappa shape index (κ3) is 2.72. The van der Waals surface area contributed by atoms with Crippen LogP contribution in [0.5, 0.6) is 0 Å². The maximum Gasteiger partial charge on any atom is 0.274 e. The van der Waals surface area contributed by atoms with Gasteiger partial charge in [0.25, 0.3) is 5.69 Å². The van der Waals surface area contributed by atoms with Gasteiger partial charge in [-0.1, -0.05) is 24.1 Å². The van der Waals surface area contributed by atoms with Crippen LogP contribution in [-0.2, 0) is 6.42 Å². The lowest BCUT2D eigenvalue weighted by Crippen LogP contribution is -2.11. The molecule has 0 N–H and O–H groups in total. The zero-order valence-electron chi connectivity index (χ0n) is 9.23. The molecule has 0 aromatic heterocycles. The van der Waals surface area contributed by atoms with Gasteiger partial charge in [0, 0.05) is 17.0 Å². The van der Waals surface area contributed by atoms with E-state index in [1.165, 1.54) is 6.07 Å². The molecule has 1 fully saturated rings. The van der Waals surface area contributed by atoms with E-state index < -0.39 is 0 Å². The molecule has 0 saturated heterocycles. The lowest BCUT2D eigenvalue weighted by molar-refractivity contribution is -0.385. The predicted octanol–water partition coefficient (Wildman–Crippen LogP) is 4.20. The van der Waals surface area contributed by atoms with Crippen LogP contribution >= 0.6 is 23.2 Å². The minimum atomic E-state index is -0.376. The Bertz CT molecular complexity index is 437. The van der Waals surface area contributed by atoms with Gasteiger partial charge in [-0.25, -0.2) is 0 Å². The summed E-state index contributed by atoms with van der Waals surface area (Å²) in [5.74, 6) is 0.301. The van der Waals surface area contributed by atoms with Crippen LogP contribution in [0.4, 0.5) is 5.69 Å². The molecule has 1 aliphatic carbocycles. The Labute approximate surface area is 110 Å². The van der Waals surface area contributed by atoms with E-state index in [2.05, 4.69) is 0 Å². The van der Waals surface area contributed by atoms with Gasteiger partial charge in [0.15, 0.2) is 0 Å². The molecule has 0 heterocycles. The molecule has 2 rings (SSSR count). The van der Waals surface area contributed by atoms with Crippen LogP contribution in [0.1, 0.15) is 24.8 Å². The molecular formula is C12H13Cl2NO2. The topological polar surface area (TPSA) is 43.1 Å². The smallest absolute Gasteiger partial charge is 0.258 e. The Morgan fingerprint density at radius 2 is 2.18 bits per heavy atom. The summed E-state index contributed by atoms with van der Waals surface area (Å²) in [6, 6.07) is 4.80. The summed E-state index contributed by atoms with van der Waals surface area (Å²) in [4.78, 5) is 10.6. The largest absolute Gasteiger partial charge is 0.274 e. The van der Waals surface area contributed by atoms with E-state index >= 15 is 0 Å². The van der Waals surface area contributed by atoms with Crippen LogP contribution in [-0.4, -0.2) is 10.3 Å². The fourth-order valence-electron chi connectivity index (χ4n) is 2.40. The molecule has 0 amide bonds. The Balaban J connectivity index is 2.27. The van der Waals surface area contributed by atoms with Crippen LogP contribution in [0.2, 0.25) is 5.02 Å². The fourth-order valence-corrected chi connectivity index (χ4v) is 3.02. The highest BCUT2D eigenvalue weighted by molar-refractivity contribution is 6.31. The Kier molecular flexibility index (Phi) is 3.89. The van der Waals surface area contributed by atoms with Gasteiger partial charge in [-0.3, -0.25) is 10.1 Å². The van der Waals surface area contributed by atoms with Crippen LogP contribution < -0.4 is 0 Å². The average Bonchev–Trinajstić information content (AvgIpc) is 2.67. The van der Waals surface area contributed by atoms with E-state index in [-0.39, 0.29) is 16.0 Å². The second kappa shape index (κ2) is 5.23. The number of nitrogens with zero attached hydrogens (tertiary/aromatic N) is 1. The van der Waals surface area contributed by atoms with Gasteiger partial charge in [0.1, 0.15) is 0 Å². The first-order chi connectivity index (χ1) is 8.09. The number of nitro groups is 1. The molecule has 92 valence electrons. The number of benzene rings is 1. The lowest BCUT2D eigenvalue weighted by atomic mass is 9.96. The predicted molar refractivity (Wildman–Crippen MR) is 68.8 cm³/mol. The zero-order valence-corrected chi connectivity index (χ0v) is 10.7. The number of hydrogen-bond acceptors (Lipinski definition) is 2. The van der Waals surface area contributed by atoms with Crippen molar-refractivity contribution in [1.29, 1.82) is 0 Å². The van der Waals surface area contributed by atoms with Gasteiger partial charge in [-0.2, -0.15) is 0 Å². The van der Waals surface area contributed by atoms with Gasteiger partial charge < -0.3 is 0 Å². The summed E-state index contributed by atoms with van der Waals surface area (Å²) in [7, 11) is 0. The van der Waals surface area contributed by atoms with Gasteiger partial charge in [-0.15, -0.1) is 11.6 Å². The second-order valence-electron chi connectivity index (χ2n) is 4.41. The fraction of sp³-hybridized carbons (Fsp3) is 0.500. The molecular weight excluding hydrogens is 261 g/mol. The van der Waals surface area contributed by atoms with E-state index in [1.807, 2.05) is 0 Å². The van der Waals surface area contributed by atoms with Gasteiger partial charge in [0.2, 0.25) is 0 Å². The maximum absolute atomic E-state index is 10.9. The SMILES string of the molecule is O=[N+]([O-])c1cccc(Cl)c1CC1CCCC1Cl. The summed E-state index contributed by atoms with van der Waals surface area (Å²) in [6.07, 6.45) is 3.71. The molecule has 2 atom stereocenters. The highest BCUT2D eigenvalue weighted by Gasteiger charge is 2.28. The van der Waals surface area contributed by atoms with Crippen LogP contribution in [0.25, 0.3) is 0 Å². The molecule has 0 spiro atoms. The van der Waals surface area contributed by atoms with Crippen molar-refractivity contribution in [3.63, 3.8) is 0 Å². The quantitative estimate of drug-likeness (QED) is 0.471. The average molecular weight is 274 g/mol. The van der Waals surface area contributed by atoms with Gasteiger partial charge in [0.05, 0.1) is 9.95 Å². The first kappa shape index (κ1) is 12.7. The van der Waals surface area contributed by atoms with Gasteiger partial charge >= 0.3 is 0 Å². The molecule has 1 aromatic carbocycles. The van der Waals surface area contributed by atoms with Crippen LogP contribution in [0, 0.1) is 16.0 Å². The maximum atomic E-state index is 10.9. The number of halogens is 2. The van der Waals surface area contributed by atoms with E-state index in [9.17, 15) is 10.1 Å². The van der Waals surface area contributed by atoms with E-state index in [1.54, 1.807) is 12.1 Å². The molecule has 0 bridgehead atoms. The molecule has 17 heavy (non-hydrogen) atoms. The summed E-state index contributed by atoms with van der Waals surface area (Å²) in [5, 5.41) is 11.5. The van der Waals surface area contributed by atoms with Crippen LogP contribution in [0.15, 0.2) is 18.2 Å². The number of nitro benzene ring substituents is 1. The normalized spacial score (nSPS) is 23.9. The summed E-state index contributed by atoms with van der Waals surface area (Å²) < 4.78 is 0.